The largest absolute Gasteiger partial charge is 0.497 e. The van der Waals surface area contributed by atoms with Crippen LogP contribution in [0.1, 0.15) is 23.7 Å². The predicted octanol–water partition coefficient (Wildman–Crippen LogP) is 1.99. The maximum Gasteiger partial charge on any atom is 0.192 e. The first-order valence-electron chi connectivity index (χ1n) is 6.76. The summed E-state index contributed by atoms with van der Waals surface area (Å²) < 4.78 is 10.7. The van der Waals surface area contributed by atoms with Crippen LogP contribution in [-0.4, -0.2) is 50.1 Å². The van der Waals surface area contributed by atoms with Crippen molar-refractivity contribution < 1.29 is 14.3 Å². The minimum absolute atomic E-state index is 0.0588. The predicted molar refractivity (Wildman–Crippen MR) is 73.8 cm³/mol. The first-order valence-corrected chi connectivity index (χ1v) is 6.76. The molecule has 1 aliphatic rings. The number of hydrogen-bond acceptors (Lipinski definition) is 4. The zero-order valence-corrected chi connectivity index (χ0v) is 11.6. The number of ketones is 1. The van der Waals surface area contributed by atoms with E-state index in [-0.39, 0.29) is 11.9 Å². The first kappa shape index (κ1) is 14.0. The molecule has 0 amide bonds. The van der Waals surface area contributed by atoms with E-state index >= 15 is 0 Å². The Kier molecular flexibility index (Phi) is 4.93. The van der Waals surface area contributed by atoms with Gasteiger partial charge in [0.25, 0.3) is 0 Å². The Morgan fingerprint density at radius 3 is 2.79 bits per heavy atom. The molecule has 0 bridgehead atoms. The van der Waals surface area contributed by atoms with Crippen LogP contribution < -0.4 is 4.74 Å². The summed E-state index contributed by atoms with van der Waals surface area (Å²) in [6.07, 6.45) is 0.761. The van der Waals surface area contributed by atoms with Crippen molar-refractivity contribution in [2.75, 3.05) is 33.4 Å². The van der Waals surface area contributed by atoms with Crippen LogP contribution in [-0.2, 0) is 4.74 Å². The summed E-state index contributed by atoms with van der Waals surface area (Å²) in [5.74, 6) is 0.817. The molecule has 4 heteroatoms. The highest BCUT2D eigenvalue weighted by Gasteiger charge is 2.26. The number of benzene rings is 1. The zero-order valence-electron chi connectivity index (χ0n) is 11.6. The van der Waals surface area contributed by atoms with Crippen molar-refractivity contribution in [3.63, 3.8) is 0 Å². The van der Waals surface area contributed by atoms with Crippen LogP contribution in [0.4, 0.5) is 0 Å². The highest BCUT2D eigenvalue weighted by Crippen LogP contribution is 2.16. The van der Waals surface area contributed by atoms with Crippen molar-refractivity contribution >= 4 is 5.78 Å². The Morgan fingerprint density at radius 1 is 1.42 bits per heavy atom. The molecule has 2 rings (SSSR count). The number of methoxy groups -OCH3 is 1. The molecule has 4 nitrogen and oxygen atoms in total. The Morgan fingerprint density at radius 2 is 2.16 bits per heavy atom. The van der Waals surface area contributed by atoms with E-state index in [9.17, 15) is 4.79 Å². The number of morpholine rings is 1. The molecule has 0 saturated carbocycles. The van der Waals surface area contributed by atoms with E-state index in [1.165, 1.54) is 0 Å². The van der Waals surface area contributed by atoms with E-state index in [0.717, 1.165) is 25.3 Å². The molecule has 1 heterocycles. The molecule has 0 spiro atoms. The molecule has 1 aromatic rings. The topological polar surface area (TPSA) is 38.8 Å². The van der Waals surface area contributed by atoms with Crippen molar-refractivity contribution in [2.24, 2.45) is 0 Å². The molecule has 0 radical (unpaired) electrons. The quantitative estimate of drug-likeness (QED) is 0.762. The van der Waals surface area contributed by atoms with Gasteiger partial charge in [-0.05, 0) is 37.2 Å². The molecule has 1 atom stereocenters. The second kappa shape index (κ2) is 6.68. The third-order valence-corrected chi connectivity index (χ3v) is 3.36. The number of ether oxygens (including phenoxy) is 2. The highest BCUT2D eigenvalue weighted by atomic mass is 16.5. The molecule has 19 heavy (non-hydrogen) atoms. The smallest absolute Gasteiger partial charge is 0.192 e. The van der Waals surface area contributed by atoms with Gasteiger partial charge in [0.2, 0.25) is 0 Å². The van der Waals surface area contributed by atoms with Gasteiger partial charge in [0.1, 0.15) is 11.9 Å². The summed E-state index contributed by atoms with van der Waals surface area (Å²) in [6, 6.07) is 7.20. The number of rotatable bonds is 5. The SMILES string of the molecule is CCCN1CCOC(C(=O)c2ccc(OC)cc2)C1. The monoisotopic (exact) mass is 263 g/mol. The maximum atomic E-state index is 12.4. The van der Waals surface area contributed by atoms with Crippen molar-refractivity contribution in [2.45, 2.75) is 19.4 Å². The summed E-state index contributed by atoms with van der Waals surface area (Å²) in [6.45, 7) is 5.41. The number of hydrogen-bond donors (Lipinski definition) is 0. The van der Waals surface area contributed by atoms with Gasteiger partial charge in [-0.3, -0.25) is 9.69 Å². The van der Waals surface area contributed by atoms with Crippen LogP contribution in [0.2, 0.25) is 0 Å². The van der Waals surface area contributed by atoms with Crippen LogP contribution in [0.15, 0.2) is 24.3 Å². The minimum Gasteiger partial charge on any atom is -0.497 e. The van der Waals surface area contributed by atoms with E-state index in [0.29, 0.717) is 18.7 Å². The van der Waals surface area contributed by atoms with Gasteiger partial charge in [-0.1, -0.05) is 6.92 Å². The van der Waals surface area contributed by atoms with E-state index in [1.807, 2.05) is 0 Å². The summed E-state index contributed by atoms with van der Waals surface area (Å²) in [5, 5.41) is 0. The Balaban J connectivity index is 2.01. The minimum atomic E-state index is -0.339. The van der Waals surface area contributed by atoms with Gasteiger partial charge in [-0.2, -0.15) is 0 Å². The van der Waals surface area contributed by atoms with Crippen LogP contribution >= 0.6 is 0 Å². The molecule has 1 fully saturated rings. The first-order chi connectivity index (χ1) is 9.24. The van der Waals surface area contributed by atoms with Crippen molar-refractivity contribution in [3.05, 3.63) is 29.8 Å². The average Bonchev–Trinajstić information content (AvgIpc) is 2.47. The Labute approximate surface area is 114 Å². The van der Waals surface area contributed by atoms with E-state index in [2.05, 4.69) is 11.8 Å². The molecule has 1 aromatic carbocycles. The van der Waals surface area contributed by atoms with Crippen molar-refractivity contribution in [1.82, 2.24) is 4.90 Å². The lowest BCUT2D eigenvalue weighted by Gasteiger charge is -2.31. The van der Waals surface area contributed by atoms with Gasteiger partial charge in [0.05, 0.1) is 13.7 Å². The highest BCUT2D eigenvalue weighted by molar-refractivity contribution is 5.99. The standard InChI is InChI=1S/C15H21NO3/c1-3-8-16-9-10-19-14(11-16)15(17)12-4-6-13(18-2)7-5-12/h4-7,14H,3,8-11H2,1-2H3. The third kappa shape index (κ3) is 3.55. The molecule has 0 aromatic heterocycles. The number of nitrogens with zero attached hydrogens (tertiary/aromatic N) is 1. The summed E-state index contributed by atoms with van der Waals surface area (Å²) in [5.41, 5.74) is 0.684. The van der Waals surface area contributed by atoms with Gasteiger partial charge in [-0.25, -0.2) is 0 Å². The molecule has 1 aliphatic heterocycles. The fourth-order valence-electron chi connectivity index (χ4n) is 2.32. The van der Waals surface area contributed by atoms with Crippen LogP contribution in [0.3, 0.4) is 0 Å². The second-order valence-electron chi connectivity index (χ2n) is 4.75. The summed E-state index contributed by atoms with van der Waals surface area (Å²) in [4.78, 5) is 14.6. The van der Waals surface area contributed by atoms with Gasteiger partial charge < -0.3 is 9.47 Å². The lowest BCUT2D eigenvalue weighted by atomic mass is 10.0. The van der Waals surface area contributed by atoms with Crippen LogP contribution in [0.5, 0.6) is 5.75 Å². The lowest BCUT2D eigenvalue weighted by Crippen LogP contribution is -2.46. The Hall–Kier alpha value is -1.39. The molecule has 104 valence electrons. The molecular weight excluding hydrogens is 242 g/mol. The lowest BCUT2D eigenvalue weighted by molar-refractivity contribution is -0.0163. The third-order valence-electron chi connectivity index (χ3n) is 3.36. The van der Waals surface area contributed by atoms with Crippen LogP contribution in [0, 0.1) is 0 Å². The van der Waals surface area contributed by atoms with Crippen LogP contribution in [0.25, 0.3) is 0 Å². The van der Waals surface area contributed by atoms with E-state index in [1.54, 1.807) is 31.4 Å². The van der Waals surface area contributed by atoms with Gasteiger partial charge in [-0.15, -0.1) is 0 Å². The molecule has 0 aliphatic carbocycles. The summed E-state index contributed by atoms with van der Waals surface area (Å²) >= 11 is 0. The molecular formula is C15H21NO3. The fourth-order valence-corrected chi connectivity index (χ4v) is 2.32. The molecule has 0 N–H and O–H groups in total. The molecule has 1 saturated heterocycles. The maximum absolute atomic E-state index is 12.4. The number of Topliss-reactive ketones (excluding diaryl/α,β-unsaturated/α-hetero) is 1. The van der Waals surface area contributed by atoms with Gasteiger partial charge in [0.15, 0.2) is 5.78 Å². The Bertz CT molecular complexity index is 414. The summed E-state index contributed by atoms with van der Waals surface area (Å²) in [7, 11) is 1.61. The zero-order chi connectivity index (χ0) is 13.7. The van der Waals surface area contributed by atoms with Crippen molar-refractivity contribution in [3.8, 4) is 5.75 Å². The molecule has 1 unspecified atom stereocenters. The second-order valence-corrected chi connectivity index (χ2v) is 4.75. The fraction of sp³-hybridized carbons (Fsp3) is 0.533. The van der Waals surface area contributed by atoms with Gasteiger partial charge >= 0.3 is 0 Å². The number of carbonyl (C=O) groups excluding carboxylic acids is 1. The van der Waals surface area contributed by atoms with E-state index < -0.39 is 0 Å². The average molecular weight is 263 g/mol. The normalized spacial score (nSPS) is 20.2. The van der Waals surface area contributed by atoms with Crippen molar-refractivity contribution in [1.29, 1.82) is 0 Å². The van der Waals surface area contributed by atoms with Gasteiger partial charge in [0, 0.05) is 18.7 Å². The van der Waals surface area contributed by atoms with E-state index in [4.69, 9.17) is 9.47 Å². The number of carbonyl (C=O) groups is 1.